The maximum Gasteiger partial charge on any atom is 0.258 e. The molecule has 1 aliphatic heterocycles. The van der Waals surface area contributed by atoms with Crippen molar-refractivity contribution in [1.29, 1.82) is 0 Å². The molecular formula is C18H18N2O3. The zero-order valence-corrected chi connectivity index (χ0v) is 12.8. The maximum absolute atomic E-state index is 12.8. The molecule has 0 saturated carbocycles. The van der Waals surface area contributed by atoms with E-state index in [1.807, 2.05) is 18.2 Å². The molecule has 0 fully saturated rings. The van der Waals surface area contributed by atoms with E-state index in [-0.39, 0.29) is 17.8 Å². The van der Waals surface area contributed by atoms with Crippen LogP contribution in [0.1, 0.15) is 22.1 Å². The summed E-state index contributed by atoms with van der Waals surface area (Å²) in [4.78, 5) is 14.5. The van der Waals surface area contributed by atoms with E-state index in [9.17, 15) is 9.90 Å². The van der Waals surface area contributed by atoms with Crippen LogP contribution in [0.3, 0.4) is 0 Å². The minimum atomic E-state index is -0.357. The van der Waals surface area contributed by atoms with Crippen LogP contribution < -0.4 is 10.1 Å². The number of nitrogens with one attached hydrogen (secondary N) is 1. The molecule has 0 aromatic heterocycles. The number of nitrogens with zero attached hydrogens (tertiary/aromatic N) is 1. The highest BCUT2D eigenvalue weighted by Crippen LogP contribution is 2.36. The molecule has 1 heterocycles. The molecule has 0 aliphatic carbocycles. The van der Waals surface area contributed by atoms with Crippen molar-refractivity contribution in [3.05, 3.63) is 66.2 Å². The zero-order chi connectivity index (χ0) is 16.4. The van der Waals surface area contributed by atoms with E-state index in [0.717, 1.165) is 11.3 Å². The number of para-hydroxylation sites is 1. The molecule has 0 unspecified atom stereocenters. The highest BCUT2D eigenvalue weighted by molar-refractivity contribution is 6.01. The molecule has 23 heavy (non-hydrogen) atoms. The molecule has 2 aromatic carbocycles. The summed E-state index contributed by atoms with van der Waals surface area (Å²) >= 11 is 0. The largest absolute Gasteiger partial charge is 0.504 e. The Morgan fingerprint density at radius 1 is 1.35 bits per heavy atom. The van der Waals surface area contributed by atoms with Crippen molar-refractivity contribution in [2.24, 2.45) is 0 Å². The van der Waals surface area contributed by atoms with Crippen LogP contribution in [0.4, 0.5) is 5.69 Å². The first-order chi connectivity index (χ1) is 11.2. The second kappa shape index (κ2) is 6.04. The molecule has 1 atom stereocenters. The van der Waals surface area contributed by atoms with Crippen molar-refractivity contribution in [1.82, 2.24) is 4.90 Å². The van der Waals surface area contributed by atoms with Crippen LogP contribution in [-0.2, 0) is 0 Å². The monoisotopic (exact) mass is 310 g/mol. The number of carbonyl (C=O) groups excluding carboxylic acids is 1. The van der Waals surface area contributed by atoms with Gasteiger partial charge in [-0.1, -0.05) is 24.3 Å². The summed E-state index contributed by atoms with van der Waals surface area (Å²) in [7, 11) is 1.50. The minimum Gasteiger partial charge on any atom is -0.504 e. The highest BCUT2D eigenvalue weighted by Gasteiger charge is 2.32. The quantitative estimate of drug-likeness (QED) is 0.852. The number of fused-ring (bicyclic) bond motifs is 1. The first-order valence-electron chi connectivity index (χ1n) is 7.30. The van der Waals surface area contributed by atoms with Crippen LogP contribution in [0.2, 0.25) is 0 Å². The smallest absolute Gasteiger partial charge is 0.258 e. The van der Waals surface area contributed by atoms with Gasteiger partial charge in [0, 0.05) is 12.2 Å². The van der Waals surface area contributed by atoms with Gasteiger partial charge in [-0.25, -0.2) is 0 Å². The fourth-order valence-electron chi connectivity index (χ4n) is 2.75. The Balaban J connectivity index is 2.06. The van der Waals surface area contributed by atoms with E-state index in [4.69, 9.17) is 4.74 Å². The van der Waals surface area contributed by atoms with E-state index < -0.39 is 0 Å². The van der Waals surface area contributed by atoms with Crippen LogP contribution in [0.25, 0.3) is 0 Å². The highest BCUT2D eigenvalue weighted by atomic mass is 16.5. The van der Waals surface area contributed by atoms with Gasteiger partial charge in [-0.05, 0) is 29.8 Å². The number of hydrogen-bond acceptors (Lipinski definition) is 4. The molecule has 2 aromatic rings. The SMILES string of the molecule is C=CCN1C(=O)c2ccccc2N[C@H]1c1ccc(O)c(OC)c1. The van der Waals surface area contributed by atoms with Crippen molar-refractivity contribution < 1.29 is 14.6 Å². The molecule has 0 saturated heterocycles. The summed E-state index contributed by atoms with van der Waals surface area (Å²) in [6.07, 6.45) is 1.34. The van der Waals surface area contributed by atoms with Crippen LogP contribution >= 0.6 is 0 Å². The normalized spacial score (nSPS) is 16.5. The minimum absolute atomic E-state index is 0.0590. The Labute approximate surface area is 134 Å². The Bertz CT molecular complexity index is 758. The topological polar surface area (TPSA) is 61.8 Å². The first-order valence-corrected chi connectivity index (χ1v) is 7.30. The summed E-state index contributed by atoms with van der Waals surface area (Å²) in [6, 6.07) is 12.5. The zero-order valence-electron chi connectivity index (χ0n) is 12.8. The summed E-state index contributed by atoms with van der Waals surface area (Å²) in [5.41, 5.74) is 2.25. The van der Waals surface area contributed by atoms with Gasteiger partial charge in [-0.2, -0.15) is 0 Å². The molecule has 2 N–H and O–H groups in total. The third kappa shape index (κ3) is 2.61. The van der Waals surface area contributed by atoms with E-state index in [0.29, 0.717) is 17.9 Å². The van der Waals surface area contributed by atoms with E-state index in [1.54, 1.807) is 35.2 Å². The van der Waals surface area contributed by atoms with Gasteiger partial charge in [-0.3, -0.25) is 4.79 Å². The number of phenols is 1. The molecule has 0 radical (unpaired) electrons. The van der Waals surface area contributed by atoms with Crippen molar-refractivity contribution in [3.63, 3.8) is 0 Å². The standard InChI is InChI=1S/C18H18N2O3/c1-3-10-20-17(12-8-9-15(21)16(11-12)23-2)19-14-7-5-4-6-13(14)18(20)22/h3-9,11,17,19,21H,1,10H2,2H3/t17-/m1/s1. The molecule has 5 heteroatoms. The summed E-state index contributed by atoms with van der Waals surface area (Å²) < 4.78 is 5.17. The number of anilines is 1. The molecule has 0 spiro atoms. The Hall–Kier alpha value is -2.95. The molecule has 5 nitrogen and oxygen atoms in total. The van der Waals surface area contributed by atoms with Gasteiger partial charge in [0.05, 0.1) is 12.7 Å². The first kappa shape index (κ1) is 15.0. The van der Waals surface area contributed by atoms with Gasteiger partial charge in [0.25, 0.3) is 5.91 Å². The second-order valence-electron chi connectivity index (χ2n) is 5.27. The number of rotatable bonds is 4. The fraction of sp³-hybridized carbons (Fsp3) is 0.167. The van der Waals surface area contributed by atoms with Crippen molar-refractivity contribution in [3.8, 4) is 11.5 Å². The Morgan fingerprint density at radius 2 is 2.13 bits per heavy atom. The number of benzene rings is 2. The summed E-state index contributed by atoms with van der Waals surface area (Å²) in [5, 5.41) is 13.1. The molecule has 1 aliphatic rings. The lowest BCUT2D eigenvalue weighted by Gasteiger charge is -2.37. The van der Waals surface area contributed by atoms with Gasteiger partial charge < -0.3 is 20.1 Å². The lowest BCUT2D eigenvalue weighted by molar-refractivity contribution is 0.0707. The number of methoxy groups -OCH3 is 1. The lowest BCUT2D eigenvalue weighted by Crippen LogP contribution is -2.42. The number of ether oxygens (including phenoxy) is 1. The van der Waals surface area contributed by atoms with Crippen LogP contribution in [0, 0.1) is 0 Å². The average Bonchev–Trinajstić information content (AvgIpc) is 2.58. The number of carbonyl (C=O) groups is 1. The third-order valence-electron chi connectivity index (χ3n) is 3.87. The predicted octanol–water partition coefficient (Wildman–Crippen LogP) is 3.15. The Kier molecular flexibility index (Phi) is 3.93. The fourth-order valence-corrected chi connectivity index (χ4v) is 2.75. The van der Waals surface area contributed by atoms with Gasteiger partial charge in [-0.15, -0.1) is 6.58 Å². The van der Waals surface area contributed by atoms with Crippen LogP contribution in [-0.4, -0.2) is 29.6 Å². The number of aromatic hydroxyl groups is 1. The van der Waals surface area contributed by atoms with Gasteiger partial charge in [0.2, 0.25) is 0 Å². The van der Waals surface area contributed by atoms with Crippen LogP contribution in [0.15, 0.2) is 55.1 Å². The number of hydrogen-bond donors (Lipinski definition) is 2. The van der Waals surface area contributed by atoms with E-state index >= 15 is 0 Å². The van der Waals surface area contributed by atoms with Gasteiger partial charge >= 0.3 is 0 Å². The number of phenolic OH excluding ortho intramolecular Hbond substituents is 1. The average molecular weight is 310 g/mol. The van der Waals surface area contributed by atoms with Gasteiger partial charge in [0.1, 0.15) is 6.17 Å². The maximum atomic E-state index is 12.8. The van der Waals surface area contributed by atoms with Crippen LogP contribution in [0.5, 0.6) is 11.5 Å². The van der Waals surface area contributed by atoms with Gasteiger partial charge in [0.15, 0.2) is 11.5 Å². The molecule has 118 valence electrons. The summed E-state index contributed by atoms with van der Waals surface area (Å²) in [6.45, 7) is 4.15. The molecule has 1 amide bonds. The molecular weight excluding hydrogens is 292 g/mol. The molecule has 0 bridgehead atoms. The Morgan fingerprint density at radius 3 is 2.87 bits per heavy atom. The van der Waals surface area contributed by atoms with E-state index in [1.165, 1.54) is 7.11 Å². The number of amides is 1. The summed E-state index contributed by atoms with van der Waals surface area (Å²) in [5.74, 6) is 0.375. The third-order valence-corrected chi connectivity index (χ3v) is 3.87. The predicted molar refractivity (Wildman–Crippen MR) is 88.7 cm³/mol. The molecule has 3 rings (SSSR count). The van der Waals surface area contributed by atoms with E-state index in [2.05, 4.69) is 11.9 Å². The van der Waals surface area contributed by atoms with Crippen molar-refractivity contribution >= 4 is 11.6 Å². The van der Waals surface area contributed by atoms with Crippen molar-refractivity contribution in [2.45, 2.75) is 6.17 Å². The van der Waals surface area contributed by atoms with Crippen molar-refractivity contribution in [2.75, 3.05) is 19.0 Å². The second-order valence-corrected chi connectivity index (χ2v) is 5.27. The lowest BCUT2D eigenvalue weighted by atomic mass is 10.0.